The van der Waals surface area contributed by atoms with Gasteiger partial charge in [-0.1, -0.05) is 32.0 Å². The second kappa shape index (κ2) is 9.37. The van der Waals surface area contributed by atoms with Gasteiger partial charge in [0.2, 0.25) is 0 Å². The lowest BCUT2D eigenvalue weighted by molar-refractivity contribution is 0.0951. The number of nitrogens with zero attached hydrogens (tertiary/aromatic N) is 3. The third-order valence-corrected chi connectivity index (χ3v) is 5.98. The minimum Gasteiger partial charge on any atom is -0.494 e. The van der Waals surface area contributed by atoms with Crippen molar-refractivity contribution in [3.63, 3.8) is 0 Å². The third-order valence-electron chi connectivity index (χ3n) is 5.98. The average molecular weight is 474 g/mol. The molecule has 0 bridgehead atoms. The van der Waals surface area contributed by atoms with Crippen molar-refractivity contribution in [2.24, 2.45) is 5.92 Å². The molecule has 180 valence electrons. The molecule has 2 N–H and O–H groups in total. The number of ether oxygens (including phenoxy) is 1. The van der Waals surface area contributed by atoms with Crippen LogP contribution in [0.1, 0.15) is 37.0 Å². The molecule has 0 radical (unpaired) electrons. The first-order chi connectivity index (χ1) is 16.9. The molecule has 1 amide bonds. The van der Waals surface area contributed by atoms with Gasteiger partial charge < -0.3 is 15.4 Å². The van der Waals surface area contributed by atoms with Gasteiger partial charge >= 0.3 is 0 Å². The first kappa shape index (κ1) is 22.8. The molecule has 1 aliphatic carbocycles. The first-order valence-electron chi connectivity index (χ1n) is 11.8. The Bertz CT molecular complexity index is 1380. The molecule has 0 aliphatic heterocycles. The van der Waals surface area contributed by atoms with E-state index in [1.807, 2.05) is 28.7 Å². The number of amides is 1. The number of hydrogen-bond acceptors (Lipinski definition) is 5. The lowest BCUT2D eigenvalue weighted by atomic mass is 10.1. The molecule has 0 unspecified atom stereocenters. The predicted octanol–water partition coefficient (Wildman–Crippen LogP) is 5.17. The zero-order valence-corrected chi connectivity index (χ0v) is 20.0. The van der Waals surface area contributed by atoms with E-state index < -0.39 is 5.82 Å². The zero-order chi connectivity index (χ0) is 24.5. The molecule has 2 aromatic heterocycles. The van der Waals surface area contributed by atoms with Crippen LogP contribution in [0.15, 0.2) is 54.9 Å². The highest BCUT2D eigenvalue weighted by Crippen LogP contribution is 2.32. The normalized spacial score (nSPS) is 13.3. The van der Waals surface area contributed by atoms with E-state index in [9.17, 15) is 4.79 Å². The summed E-state index contributed by atoms with van der Waals surface area (Å²) in [5, 5.41) is 6.36. The van der Waals surface area contributed by atoms with Gasteiger partial charge in [-0.05, 0) is 43.0 Å². The zero-order valence-electron chi connectivity index (χ0n) is 20.0. The van der Waals surface area contributed by atoms with E-state index in [1.54, 1.807) is 30.6 Å². The Morgan fingerprint density at radius 1 is 1.20 bits per heavy atom. The van der Waals surface area contributed by atoms with Gasteiger partial charge in [0.05, 0.1) is 24.7 Å². The van der Waals surface area contributed by atoms with E-state index >= 15 is 4.39 Å². The topological polar surface area (TPSA) is 80.5 Å². The molecular weight excluding hydrogens is 445 g/mol. The largest absolute Gasteiger partial charge is 0.494 e. The number of aromatic nitrogens is 3. The monoisotopic (exact) mass is 473 g/mol. The van der Waals surface area contributed by atoms with Crippen LogP contribution in [0.3, 0.4) is 0 Å². The summed E-state index contributed by atoms with van der Waals surface area (Å²) in [5.74, 6) is 0.594. The number of imidazole rings is 1. The molecule has 2 aromatic carbocycles. The van der Waals surface area contributed by atoms with Crippen LogP contribution in [-0.4, -0.2) is 40.0 Å². The highest BCUT2D eigenvalue weighted by Gasteiger charge is 2.24. The maximum Gasteiger partial charge on any atom is 0.251 e. The van der Waals surface area contributed by atoms with Crippen molar-refractivity contribution in [1.29, 1.82) is 0 Å². The summed E-state index contributed by atoms with van der Waals surface area (Å²) < 4.78 is 22.2. The molecule has 0 spiro atoms. The van der Waals surface area contributed by atoms with Gasteiger partial charge in [0.1, 0.15) is 0 Å². The molecule has 1 aliphatic rings. The van der Waals surface area contributed by atoms with Crippen LogP contribution >= 0.6 is 0 Å². The Labute approximate surface area is 203 Å². The number of methoxy groups -OCH3 is 1. The van der Waals surface area contributed by atoms with Crippen LogP contribution in [0.25, 0.3) is 28.2 Å². The molecule has 2 heterocycles. The maximum atomic E-state index is 15.1. The molecule has 5 rings (SSSR count). The van der Waals surface area contributed by atoms with Gasteiger partial charge in [0, 0.05) is 35.5 Å². The molecule has 4 aromatic rings. The molecule has 0 atom stereocenters. The summed E-state index contributed by atoms with van der Waals surface area (Å²) in [5.41, 5.74) is 3.76. The Kier molecular flexibility index (Phi) is 6.11. The summed E-state index contributed by atoms with van der Waals surface area (Å²) >= 11 is 0. The quantitative estimate of drug-likeness (QED) is 0.369. The number of carbonyl (C=O) groups is 1. The van der Waals surface area contributed by atoms with E-state index in [-0.39, 0.29) is 11.7 Å². The number of hydrogen-bond donors (Lipinski definition) is 2. The van der Waals surface area contributed by atoms with Crippen LogP contribution in [0, 0.1) is 11.7 Å². The molecule has 35 heavy (non-hydrogen) atoms. The second-order valence-electron chi connectivity index (χ2n) is 9.23. The smallest absolute Gasteiger partial charge is 0.251 e. The summed E-state index contributed by atoms with van der Waals surface area (Å²) in [6.45, 7) is 4.90. The van der Waals surface area contributed by atoms with Gasteiger partial charge in [-0.2, -0.15) is 0 Å². The lowest BCUT2D eigenvalue weighted by Gasteiger charge is -2.14. The molecule has 1 fully saturated rings. The van der Waals surface area contributed by atoms with E-state index in [0.29, 0.717) is 46.8 Å². The Morgan fingerprint density at radius 3 is 2.66 bits per heavy atom. The van der Waals surface area contributed by atoms with Gasteiger partial charge in [-0.25, -0.2) is 14.4 Å². The van der Waals surface area contributed by atoms with Crippen molar-refractivity contribution in [1.82, 2.24) is 19.7 Å². The van der Waals surface area contributed by atoms with E-state index in [0.717, 1.165) is 24.1 Å². The Balaban J connectivity index is 1.58. The third kappa shape index (κ3) is 4.69. The van der Waals surface area contributed by atoms with Gasteiger partial charge in [0.15, 0.2) is 23.0 Å². The van der Waals surface area contributed by atoms with Crippen LogP contribution in [-0.2, 0) is 0 Å². The minimum atomic E-state index is -0.468. The summed E-state index contributed by atoms with van der Waals surface area (Å²) in [6, 6.07) is 12.7. The SMILES string of the molecule is COc1cccc(-c2cn3c(-c4ccc(C(=O)NC5CC5)cc4)cnc3c(NCC(C)C)n2)c1F. The molecule has 7 nitrogen and oxygen atoms in total. The highest BCUT2D eigenvalue weighted by molar-refractivity contribution is 5.95. The fraction of sp³-hybridized carbons (Fsp3) is 0.296. The van der Waals surface area contributed by atoms with Crippen molar-refractivity contribution in [2.45, 2.75) is 32.7 Å². The van der Waals surface area contributed by atoms with Gasteiger partial charge in [-0.15, -0.1) is 0 Å². The standard InChI is InChI=1S/C27H28FN5O2/c1-16(2)13-29-25-26-30-14-22(17-7-9-18(10-8-17)27(34)31-19-11-12-19)33(26)15-21(32-25)20-5-4-6-23(35-3)24(20)28/h4-10,14-16,19H,11-13H2,1-3H3,(H,29,32)(H,31,34). The molecular formula is C27H28FN5O2. The number of benzene rings is 2. The Morgan fingerprint density at radius 2 is 1.97 bits per heavy atom. The molecule has 1 saturated carbocycles. The number of rotatable bonds is 8. The van der Waals surface area contributed by atoms with E-state index in [2.05, 4.69) is 29.5 Å². The van der Waals surface area contributed by atoms with Crippen molar-refractivity contribution in [3.8, 4) is 28.3 Å². The van der Waals surface area contributed by atoms with Gasteiger partial charge in [-0.3, -0.25) is 9.20 Å². The number of halogens is 1. The number of fused-ring (bicyclic) bond motifs is 1. The summed E-state index contributed by atoms with van der Waals surface area (Å²) in [4.78, 5) is 21.7. The van der Waals surface area contributed by atoms with Crippen molar-refractivity contribution in [3.05, 3.63) is 66.2 Å². The number of carbonyl (C=O) groups excluding carboxylic acids is 1. The van der Waals surface area contributed by atoms with Gasteiger partial charge in [0.25, 0.3) is 5.91 Å². The predicted molar refractivity (Wildman–Crippen MR) is 134 cm³/mol. The van der Waals surface area contributed by atoms with Crippen LogP contribution in [0.2, 0.25) is 0 Å². The first-order valence-corrected chi connectivity index (χ1v) is 11.8. The molecule has 8 heteroatoms. The summed E-state index contributed by atoms with van der Waals surface area (Å²) in [7, 11) is 1.44. The molecule has 0 saturated heterocycles. The van der Waals surface area contributed by atoms with E-state index in [1.165, 1.54) is 7.11 Å². The maximum absolute atomic E-state index is 15.1. The van der Waals surface area contributed by atoms with Crippen LogP contribution in [0.5, 0.6) is 5.75 Å². The number of anilines is 1. The minimum absolute atomic E-state index is 0.0580. The lowest BCUT2D eigenvalue weighted by Crippen LogP contribution is -2.25. The fourth-order valence-electron chi connectivity index (χ4n) is 3.91. The number of nitrogens with one attached hydrogen (secondary N) is 2. The van der Waals surface area contributed by atoms with Crippen LogP contribution in [0.4, 0.5) is 10.2 Å². The summed E-state index contributed by atoms with van der Waals surface area (Å²) in [6.07, 6.45) is 5.64. The van der Waals surface area contributed by atoms with E-state index in [4.69, 9.17) is 9.72 Å². The van der Waals surface area contributed by atoms with Crippen LogP contribution < -0.4 is 15.4 Å². The highest BCUT2D eigenvalue weighted by atomic mass is 19.1. The van der Waals surface area contributed by atoms with Crippen molar-refractivity contribution >= 4 is 17.4 Å². The van der Waals surface area contributed by atoms with Crippen molar-refractivity contribution in [2.75, 3.05) is 19.0 Å². The fourth-order valence-corrected chi connectivity index (χ4v) is 3.91. The Hall–Kier alpha value is -3.94. The second-order valence-corrected chi connectivity index (χ2v) is 9.23. The van der Waals surface area contributed by atoms with Crippen molar-refractivity contribution < 1.29 is 13.9 Å². The average Bonchev–Trinajstić information content (AvgIpc) is 3.57.